The van der Waals surface area contributed by atoms with Gasteiger partial charge in [-0.25, -0.2) is 0 Å². The molecule has 1 atom stereocenters. The summed E-state index contributed by atoms with van der Waals surface area (Å²) in [7, 11) is 1.60. The monoisotopic (exact) mass is 496 g/mol. The zero-order chi connectivity index (χ0) is 23.7. The summed E-state index contributed by atoms with van der Waals surface area (Å²) >= 11 is 13.6. The molecule has 0 aliphatic rings. The summed E-state index contributed by atoms with van der Waals surface area (Å²) in [6.07, 6.45) is 0. The first-order chi connectivity index (χ1) is 15.2. The molecule has 0 heterocycles. The normalized spacial score (nSPS) is 11.8. The second kappa shape index (κ2) is 13.0. The standard InChI is InChI=1S/C24H30Cl2N2O3S/c1-16(2)12-27-24(30)17(3)28(13-18-6-5-7-21(10-18)31-4)23(29)15-32-14-19-8-9-20(25)11-22(19)26/h5-11,16-17H,12-15H2,1-4H3,(H,27,30)/t17-/m0/s1. The van der Waals surface area contributed by atoms with Crippen molar-refractivity contribution in [3.05, 3.63) is 63.6 Å². The van der Waals surface area contributed by atoms with Crippen LogP contribution in [0.1, 0.15) is 31.9 Å². The van der Waals surface area contributed by atoms with Crippen LogP contribution in [-0.2, 0) is 21.9 Å². The highest BCUT2D eigenvalue weighted by atomic mass is 35.5. The smallest absolute Gasteiger partial charge is 0.242 e. The third-order valence-electron chi connectivity index (χ3n) is 4.84. The highest BCUT2D eigenvalue weighted by molar-refractivity contribution is 7.99. The summed E-state index contributed by atoms with van der Waals surface area (Å²) < 4.78 is 5.29. The fraction of sp³-hybridized carbons (Fsp3) is 0.417. The van der Waals surface area contributed by atoms with Crippen LogP contribution < -0.4 is 10.1 Å². The highest BCUT2D eigenvalue weighted by Crippen LogP contribution is 2.25. The molecule has 0 radical (unpaired) electrons. The van der Waals surface area contributed by atoms with E-state index in [0.717, 1.165) is 11.1 Å². The Kier molecular flexibility index (Phi) is 10.7. The van der Waals surface area contributed by atoms with Crippen LogP contribution in [0.25, 0.3) is 0 Å². The summed E-state index contributed by atoms with van der Waals surface area (Å²) in [6.45, 7) is 6.70. The van der Waals surface area contributed by atoms with Crippen LogP contribution in [0.2, 0.25) is 10.0 Å². The van der Waals surface area contributed by atoms with Crippen molar-refractivity contribution in [1.82, 2.24) is 10.2 Å². The number of amides is 2. The lowest BCUT2D eigenvalue weighted by Crippen LogP contribution is -2.48. The first kappa shape index (κ1) is 26.4. The van der Waals surface area contributed by atoms with Gasteiger partial charge in [0.1, 0.15) is 11.8 Å². The van der Waals surface area contributed by atoms with E-state index in [9.17, 15) is 9.59 Å². The number of carbonyl (C=O) groups excluding carboxylic acids is 2. The van der Waals surface area contributed by atoms with E-state index in [4.69, 9.17) is 27.9 Å². The minimum Gasteiger partial charge on any atom is -0.497 e. The van der Waals surface area contributed by atoms with Crippen molar-refractivity contribution in [1.29, 1.82) is 0 Å². The van der Waals surface area contributed by atoms with Crippen LogP contribution in [0.15, 0.2) is 42.5 Å². The molecule has 0 fully saturated rings. The molecule has 2 rings (SSSR count). The molecule has 0 aliphatic heterocycles. The number of halogens is 2. The number of hydrogen-bond donors (Lipinski definition) is 1. The molecule has 32 heavy (non-hydrogen) atoms. The van der Waals surface area contributed by atoms with E-state index in [1.165, 1.54) is 11.8 Å². The lowest BCUT2D eigenvalue weighted by atomic mass is 10.1. The molecule has 0 bridgehead atoms. The number of hydrogen-bond acceptors (Lipinski definition) is 4. The van der Waals surface area contributed by atoms with Crippen molar-refractivity contribution >= 4 is 46.8 Å². The Balaban J connectivity index is 2.10. The van der Waals surface area contributed by atoms with Crippen molar-refractivity contribution in [3.8, 4) is 5.75 Å². The van der Waals surface area contributed by atoms with Gasteiger partial charge in [0.25, 0.3) is 0 Å². The maximum Gasteiger partial charge on any atom is 0.242 e. The van der Waals surface area contributed by atoms with E-state index in [2.05, 4.69) is 5.32 Å². The van der Waals surface area contributed by atoms with Gasteiger partial charge in [0.05, 0.1) is 12.9 Å². The molecule has 174 valence electrons. The molecule has 0 aliphatic carbocycles. The second-order valence-corrected chi connectivity index (χ2v) is 9.75. The highest BCUT2D eigenvalue weighted by Gasteiger charge is 2.26. The van der Waals surface area contributed by atoms with Crippen molar-refractivity contribution in [2.75, 3.05) is 19.4 Å². The molecule has 8 heteroatoms. The van der Waals surface area contributed by atoms with Gasteiger partial charge >= 0.3 is 0 Å². The average molecular weight is 497 g/mol. The number of nitrogens with zero attached hydrogens (tertiary/aromatic N) is 1. The van der Waals surface area contributed by atoms with Gasteiger partial charge in [-0.15, -0.1) is 11.8 Å². The number of benzene rings is 2. The van der Waals surface area contributed by atoms with Gasteiger partial charge < -0.3 is 15.0 Å². The van der Waals surface area contributed by atoms with Crippen molar-refractivity contribution in [3.63, 3.8) is 0 Å². The summed E-state index contributed by atoms with van der Waals surface area (Å²) in [4.78, 5) is 27.5. The third-order valence-corrected chi connectivity index (χ3v) is 6.39. The fourth-order valence-corrected chi connectivity index (χ4v) is 4.44. The fourth-order valence-electron chi connectivity index (χ4n) is 2.97. The minimum atomic E-state index is -0.604. The summed E-state index contributed by atoms with van der Waals surface area (Å²) in [5, 5.41) is 4.08. The zero-order valence-electron chi connectivity index (χ0n) is 18.9. The summed E-state index contributed by atoms with van der Waals surface area (Å²) in [5.74, 6) is 1.55. The molecule has 0 unspecified atom stereocenters. The van der Waals surface area contributed by atoms with Crippen LogP contribution in [0.4, 0.5) is 0 Å². The number of ether oxygens (including phenoxy) is 1. The molecule has 2 aromatic carbocycles. The van der Waals surface area contributed by atoms with Gasteiger partial charge in [-0.2, -0.15) is 0 Å². The van der Waals surface area contributed by atoms with Crippen LogP contribution in [0.5, 0.6) is 5.75 Å². The molecule has 0 saturated carbocycles. The maximum atomic E-state index is 13.2. The Morgan fingerprint density at radius 3 is 2.53 bits per heavy atom. The topological polar surface area (TPSA) is 58.6 Å². The maximum absolute atomic E-state index is 13.2. The summed E-state index contributed by atoms with van der Waals surface area (Å²) in [5.41, 5.74) is 1.81. The van der Waals surface area contributed by atoms with Gasteiger partial charge in [0, 0.05) is 28.9 Å². The third kappa shape index (κ3) is 8.23. The zero-order valence-corrected chi connectivity index (χ0v) is 21.2. The number of rotatable bonds is 11. The number of nitrogens with one attached hydrogen (secondary N) is 1. The second-order valence-electron chi connectivity index (χ2n) is 7.92. The van der Waals surface area contributed by atoms with E-state index in [1.807, 2.05) is 44.2 Å². The molecule has 1 N–H and O–H groups in total. The van der Waals surface area contributed by atoms with Gasteiger partial charge in [-0.1, -0.05) is 55.2 Å². The van der Waals surface area contributed by atoms with Crippen molar-refractivity contribution in [2.45, 2.75) is 39.1 Å². The number of thioether (sulfide) groups is 1. The Labute approximate surface area is 204 Å². The molecule has 2 amide bonds. The van der Waals surface area contributed by atoms with E-state index in [-0.39, 0.29) is 17.6 Å². The molecule has 0 spiro atoms. The molecule has 2 aromatic rings. The number of carbonyl (C=O) groups is 2. The van der Waals surface area contributed by atoms with Crippen LogP contribution in [0, 0.1) is 5.92 Å². The molecule has 0 aromatic heterocycles. The minimum absolute atomic E-state index is 0.116. The van der Waals surface area contributed by atoms with E-state index >= 15 is 0 Å². The van der Waals surface area contributed by atoms with Crippen LogP contribution >= 0.6 is 35.0 Å². The predicted octanol–water partition coefficient (Wildman–Crippen LogP) is 5.42. The quantitative estimate of drug-likeness (QED) is 0.450. The summed E-state index contributed by atoms with van der Waals surface area (Å²) in [6, 6.07) is 12.2. The van der Waals surface area contributed by atoms with Gasteiger partial charge in [-0.05, 0) is 48.2 Å². The van der Waals surface area contributed by atoms with Crippen LogP contribution in [0.3, 0.4) is 0 Å². The van der Waals surface area contributed by atoms with Gasteiger partial charge in [0.2, 0.25) is 11.8 Å². The predicted molar refractivity (Wildman–Crippen MR) is 133 cm³/mol. The van der Waals surface area contributed by atoms with E-state index < -0.39 is 6.04 Å². The molecule has 5 nitrogen and oxygen atoms in total. The largest absolute Gasteiger partial charge is 0.497 e. The lowest BCUT2D eigenvalue weighted by molar-refractivity contribution is -0.138. The Morgan fingerprint density at radius 1 is 1.12 bits per heavy atom. The Bertz CT molecular complexity index is 924. The Hall–Kier alpha value is -1.89. The number of methoxy groups -OCH3 is 1. The van der Waals surface area contributed by atoms with Gasteiger partial charge in [-0.3, -0.25) is 9.59 Å². The molecular weight excluding hydrogens is 467 g/mol. The van der Waals surface area contributed by atoms with Crippen molar-refractivity contribution < 1.29 is 14.3 Å². The Morgan fingerprint density at radius 2 is 1.88 bits per heavy atom. The first-order valence-electron chi connectivity index (χ1n) is 10.4. The first-order valence-corrected chi connectivity index (χ1v) is 12.3. The van der Waals surface area contributed by atoms with Gasteiger partial charge in [0.15, 0.2) is 0 Å². The SMILES string of the molecule is COc1cccc(CN(C(=O)CSCc2ccc(Cl)cc2Cl)[C@@H](C)C(=O)NCC(C)C)c1. The average Bonchev–Trinajstić information content (AvgIpc) is 2.76. The lowest BCUT2D eigenvalue weighted by Gasteiger charge is -2.29. The van der Waals surface area contributed by atoms with Crippen molar-refractivity contribution in [2.24, 2.45) is 5.92 Å². The van der Waals surface area contributed by atoms with E-state index in [1.54, 1.807) is 31.1 Å². The van der Waals surface area contributed by atoms with E-state index in [0.29, 0.717) is 40.6 Å². The molecule has 0 saturated heterocycles. The van der Waals surface area contributed by atoms with Crippen LogP contribution in [-0.4, -0.2) is 42.2 Å². The molecular formula is C24H30Cl2N2O3S.